The number of hydrogen-bond acceptors (Lipinski definition) is 1. The molecule has 0 bridgehead atoms. The van der Waals surface area contributed by atoms with Gasteiger partial charge in [-0.05, 0) is 30.4 Å². The predicted octanol–water partition coefficient (Wildman–Crippen LogP) is 3.58. The van der Waals surface area contributed by atoms with Gasteiger partial charge in [0.25, 0.3) is 0 Å². The molecule has 0 fully saturated rings. The summed E-state index contributed by atoms with van der Waals surface area (Å²) in [6.07, 6.45) is 1.11. The van der Waals surface area contributed by atoms with Crippen molar-refractivity contribution in [3.8, 4) is 0 Å². The molecule has 1 aromatic rings. The first-order chi connectivity index (χ1) is 7.00. The number of carbonyl (C=O) groups excluding carboxylic acids is 1. The Morgan fingerprint density at radius 2 is 1.67 bits per heavy atom. The molecule has 0 heterocycles. The molecule has 0 unspecified atom stereocenters. The minimum Gasteiger partial charge on any atom is -0.299 e. The maximum absolute atomic E-state index is 11.2. The maximum atomic E-state index is 11.2. The first-order valence-electron chi connectivity index (χ1n) is 5.60. The number of carbonyl (C=O) groups is 1. The predicted molar refractivity (Wildman–Crippen MR) is 64.1 cm³/mol. The van der Waals surface area contributed by atoms with Crippen molar-refractivity contribution in [2.75, 3.05) is 0 Å². The molecule has 0 N–H and O–H groups in total. The average Bonchev–Trinajstić information content (AvgIpc) is 2.17. The summed E-state index contributed by atoms with van der Waals surface area (Å²) in [6.45, 7) is 8.03. The summed E-state index contributed by atoms with van der Waals surface area (Å²) in [5.41, 5.74) is 2.47. The van der Waals surface area contributed by atoms with Gasteiger partial charge in [0.05, 0.1) is 0 Å². The Bertz CT molecular complexity index is 322. The van der Waals surface area contributed by atoms with Crippen molar-refractivity contribution in [2.24, 2.45) is 5.92 Å². The molecule has 82 valence electrons. The van der Waals surface area contributed by atoms with Crippen LogP contribution in [0.4, 0.5) is 0 Å². The lowest BCUT2D eigenvalue weighted by atomic mass is 9.95. The highest BCUT2D eigenvalue weighted by atomic mass is 16.1. The van der Waals surface area contributed by atoms with E-state index in [2.05, 4.69) is 38.1 Å². The van der Waals surface area contributed by atoms with E-state index in [1.807, 2.05) is 6.92 Å². The van der Waals surface area contributed by atoms with Gasteiger partial charge < -0.3 is 0 Å². The van der Waals surface area contributed by atoms with Gasteiger partial charge in [0.2, 0.25) is 0 Å². The first-order valence-corrected chi connectivity index (χ1v) is 5.60. The van der Waals surface area contributed by atoms with Crippen LogP contribution in [0.5, 0.6) is 0 Å². The molecule has 1 heteroatoms. The van der Waals surface area contributed by atoms with Crippen LogP contribution in [0.2, 0.25) is 0 Å². The van der Waals surface area contributed by atoms with Crippen molar-refractivity contribution in [3.05, 3.63) is 35.4 Å². The average molecular weight is 204 g/mol. The number of hydrogen-bond donors (Lipinski definition) is 0. The van der Waals surface area contributed by atoms with E-state index < -0.39 is 0 Å². The van der Waals surface area contributed by atoms with Crippen LogP contribution in [0.25, 0.3) is 0 Å². The van der Waals surface area contributed by atoms with E-state index in [9.17, 15) is 4.79 Å². The Kier molecular flexibility index (Phi) is 4.07. The van der Waals surface area contributed by atoms with E-state index >= 15 is 0 Å². The second kappa shape index (κ2) is 5.11. The zero-order chi connectivity index (χ0) is 11.4. The van der Waals surface area contributed by atoms with Gasteiger partial charge in [0, 0.05) is 5.92 Å². The lowest BCUT2D eigenvalue weighted by Gasteiger charge is -2.10. The van der Waals surface area contributed by atoms with Crippen LogP contribution in [0.3, 0.4) is 0 Å². The van der Waals surface area contributed by atoms with Gasteiger partial charge in [0.1, 0.15) is 5.78 Å². The van der Waals surface area contributed by atoms with E-state index in [0.29, 0.717) is 5.92 Å². The van der Waals surface area contributed by atoms with E-state index in [-0.39, 0.29) is 11.7 Å². The summed E-state index contributed by atoms with van der Waals surface area (Å²) in [7, 11) is 0. The standard InChI is InChI=1S/C14H20O/c1-10(2)9-13-5-7-14(8-6-13)11(3)12(4)15/h5-8,10-11H,9H2,1-4H3/t11-/m0/s1. The van der Waals surface area contributed by atoms with Crippen LogP contribution in [-0.4, -0.2) is 5.78 Å². The minimum atomic E-state index is 0.0260. The molecule has 0 amide bonds. The van der Waals surface area contributed by atoms with Gasteiger partial charge in [-0.3, -0.25) is 4.79 Å². The van der Waals surface area contributed by atoms with Crippen LogP contribution in [0.15, 0.2) is 24.3 Å². The van der Waals surface area contributed by atoms with Crippen LogP contribution < -0.4 is 0 Å². The van der Waals surface area contributed by atoms with Gasteiger partial charge in [-0.1, -0.05) is 45.0 Å². The van der Waals surface area contributed by atoms with E-state index in [1.54, 1.807) is 6.92 Å². The van der Waals surface area contributed by atoms with Crippen LogP contribution >= 0.6 is 0 Å². The molecular weight excluding hydrogens is 184 g/mol. The second-order valence-corrected chi connectivity index (χ2v) is 4.67. The summed E-state index contributed by atoms with van der Waals surface area (Å²) in [5, 5.41) is 0. The van der Waals surface area contributed by atoms with Crippen molar-refractivity contribution in [1.29, 1.82) is 0 Å². The molecule has 1 nitrogen and oxygen atoms in total. The lowest BCUT2D eigenvalue weighted by molar-refractivity contribution is -0.118. The lowest BCUT2D eigenvalue weighted by Crippen LogP contribution is -2.04. The SMILES string of the molecule is CC(=O)[C@H](C)c1ccc(CC(C)C)cc1. The smallest absolute Gasteiger partial charge is 0.136 e. The van der Waals surface area contributed by atoms with E-state index in [1.165, 1.54) is 5.56 Å². The van der Waals surface area contributed by atoms with Gasteiger partial charge in [-0.2, -0.15) is 0 Å². The Morgan fingerprint density at radius 3 is 2.07 bits per heavy atom. The summed E-state index contributed by atoms with van der Waals surface area (Å²) in [6, 6.07) is 8.41. The molecule has 0 spiro atoms. The summed E-state index contributed by atoms with van der Waals surface area (Å²) in [5.74, 6) is 0.936. The molecule has 15 heavy (non-hydrogen) atoms. The van der Waals surface area contributed by atoms with Crippen molar-refractivity contribution < 1.29 is 4.79 Å². The number of rotatable bonds is 4. The van der Waals surface area contributed by atoms with Gasteiger partial charge in [0.15, 0.2) is 0 Å². The zero-order valence-corrected chi connectivity index (χ0v) is 10.1. The molecule has 0 aliphatic heterocycles. The summed E-state index contributed by atoms with van der Waals surface area (Å²) < 4.78 is 0. The molecule has 0 saturated carbocycles. The molecule has 0 radical (unpaired) electrons. The maximum Gasteiger partial charge on any atom is 0.136 e. The van der Waals surface area contributed by atoms with E-state index in [4.69, 9.17) is 0 Å². The molecule has 0 aliphatic rings. The molecule has 0 aliphatic carbocycles. The van der Waals surface area contributed by atoms with Gasteiger partial charge in [-0.25, -0.2) is 0 Å². The van der Waals surface area contributed by atoms with Gasteiger partial charge in [-0.15, -0.1) is 0 Å². The Hall–Kier alpha value is -1.11. The largest absolute Gasteiger partial charge is 0.299 e. The number of benzene rings is 1. The van der Waals surface area contributed by atoms with Crippen LogP contribution in [0, 0.1) is 5.92 Å². The van der Waals surface area contributed by atoms with Crippen LogP contribution in [0.1, 0.15) is 44.7 Å². The highest BCUT2D eigenvalue weighted by molar-refractivity contribution is 5.82. The zero-order valence-electron chi connectivity index (χ0n) is 10.1. The Balaban J connectivity index is 2.76. The fourth-order valence-electron chi connectivity index (χ4n) is 1.65. The second-order valence-electron chi connectivity index (χ2n) is 4.67. The van der Waals surface area contributed by atoms with Crippen molar-refractivity contribution >= 4 is 5.78 Å². The normalized spacial score (nSPS) is 12.9. The molecule has 1 aromatic carbocycles. The molecular formula is C14H20O. The summed E-state index contributed by atoms with van der Waals surface area (Å²) in [4.78, 5) is 11.2. The fourth-order valence-corrected chi connectivity index (χ4v) is 1.65. The number of Topliss-reactive ketones (excluding diaryl/α,β-unsaturated/α-hetero) is 1. The topological polar surface area (TPSA) is 17.1 Å². The quantitative estimate of drug-likeness (QED) is 0.732. The Labute approximate surface area is 92.5 Å². The molecule has 0 saturated heterocycles. The minimum absolute atomic E-state index is 0.0260. The van der Waals surface area contributed by atoms with E-state index in [0.717, 1.165) is 12.0 Å². The van der Waals surface area contributed by atoms with Crippen molar-refractivity contribution in [1.82, 2.24) is 0 Å². The Morgan fingerprint density at radius 1 is 1.13 bits per heavy atom. The highest BCUT2D eigenvalue weighted by Gasteiger charge is 2.09. The first kappa shape index (κ1) is 12.0. The third-order valence-corrected chi connectivity index (χ3v) is 2.73. The van der Waals surface area contributed by atoms with Crippen molar-refractivity contribution in [3.63, 3.8) is 0 Å². The van der Waals surface area contributed by atoms with Gasteiger partial charge >= 0.3 is 0 Å². The molecule has 0 aromatic heterocycles. The third kappa shape index (κ3) is 3.50. The number of ketones is 1. The molecule has 1 atom stereocenters. The molecule has 1 rings (SSSR count). The third-order valence-electron chi connectivity index (χ3n) is 2.73. The summed E-state index contributed by atoms with van der Waals surface area (Å²) >= 11 is 0. The van der Waals surface area contributed by atoms with Crippen molar-refractivity contribution in [2.45, 2.75) is 40.0 Å². The highest BCUT2D eigenvalue weighted by Crippen LogP contribution is 2.17. The monoisotopic (exact) mass is 204 g/mol. The van der Waals surface area contributed by atoms with Crippen LogP contribution in [-0.2, 0) is 11.2 Å². The fraction of sp³-hybridized carbons (Fsp3) is 0.500.